The van der Waals surface area contributed by atoms with Crippen LogP contribution in [0.2, 0.25) is 0 Å². The van der Waals surface area contributed by atoms with Gasteiger partial charge in [0.15, 0.2) is 0 Å². The van der Waals surface area contributed by atoms with Gasteiger partial charge in [0.25, 0.3) is 10.0 Å². The van der Waals surface area contributed by atoms with Gasteiger partial charge in [0, 0.05) is 5.69 Å². The summed E-state index contributed by atoms with van der Waals surface area (Å²) in [4.78, 5) is 13.6. The first-order valence-electron chi connectivity index (χ1n) is 11.7. The quantitative estimate of drug-likeness (QED) is 0.594. The van der Waals surface area contributed by atoms with Crippen LogP contribution in [-0.4, -0.2) is 25.0 Å². The van der Waals surface area contributed by atoms with Gasteiger partial charge in [-0.05, 0) is 100 Å². The third-order valence-electron chi connectivity index (χ3n) is 7.87. The van der Waals surface area contributed by atoms with Crippen LogP contribution in [0.5, 0.6) is 0 Å². The highest BCUT2D eigenvalue weighted by atomic mass is 32.2. The number of nitrogens with one attached hydrogen (secondary N) is 2. The van der Waals surface area contributed by atoms with Gasteiger partial charge in [0.2, 0.25) is 5.91 Å². The van der Waals surface area contributed by atoms with Crippen molar-refractivity contribution in [3.05, 3.63) is 53.1 Å². The zero-order valence-electron chi connectivity index (χ0n) is 19.4. The Morgan fingerprint density at radius 1 is 0.970 bits per heavy atom. The second-order valence-electron chi connectivity index (χ2n) is 10.8. The van der Waals surface area contributed by atoms with Gasteiger partial charge >= 0.3 is 0 Å². The van der Waals surface area contributed by atoms with Crippen molar-refractivity contribution in [1.29, 1.82) is 0 Å². The summed E-state index contributed by atoms with van der Waals surface area (Å²) in [5.74, 6) is 0.709. The molecule has 0 spiro atoms. The molecule has 4 bridgehead atoms. The molecular weight excluding hydrogens is 436 g/mol. The Morgan fingerprint density at radius 2 is 1.67 bits per heavy atom. The third kappa shape index (κ3) is 4.06. The number of anilines is 2. The number of rotatable bonds is 5. The highest BCUT2D eigenvalue weighted by Crippen LogP contribution is 2.61. The van der Waals surface area contributed by atoms with Gasteiger partial charge in [-0.25, -0.2) is 8.42 Å². The third-order valence-corrected chi connectivity index (χ3v) is 9.38. The molecule has 4 aliphatic carbocycles. The number of benzene rings is 2. The molecule has 0 heterocycles. The monoisotopic (exact) mass is 468 g/mol. The molecule has 2 aromatic carbocycles. The highest BCUT2D eigenvalue weighted by Gasteiger charge is 2.60. The van der Waals surface area contributed by atoms with Crippen LogP contribution < -0.4 is 10.0 Å². The number of hydrogen-bond acceptors (Lipinski definition) is 4. The first kappa shape index (κ1) is 22.4. The molecule has 4 saturated carbocycles. The van der Waals surface area contributed by atoms with Crippen LogP contribution in [0.3, 0.4) is 0 Å². The van der Waals surface area contributed by atoms with E-state index < -0.39 is 21.0 Å². The molecule has 0 aromatic heterocycles. The van der Waals surface area contributed by atoms with E-state index >= 15 is 0 Å². The minimum atomic E-state index is -3.83. The zero-order chi connectivity index (χ0) is 23.6. The number of amides is 1. The predicted molar refractivity (Wildman–Crippen MR) is 129 cm³/mol. The highest BCUT2D eigenvalue weighted by molar-refractivity contribution is 7.92. The van der Waals surface area contributed by atoms with Gasteiger partial charge in [-0.2, -0.15) is 0 Å². The fourth-order valence-corrected chi connectivity index (χ4v) is 8.24. The molecule has 2 aromatic rings. The second-order valence-corrected chi connectivity index (χ2v) is 12.5. The Kier molecular flexibility index (Phi) is 5.14. The van der Waals surface area contributed by atoms with E-state index in [0.717, 1.165) is 43.2 Å². The van der Waals surface area contributed by atoms with E-state index in [2.05, 4.69) is 10.0 Å². The molecule has 2 unspecified atom stereocenters. The van der Waals surface area contributed by atoms with Gasteiger partial charge in [0.05, 0.1) is 21.6 Å². The van der Waals surface area contributed by atoms with Crippen molar-refractivity contribution in [2.24, 2.45) is 17.3 Å². The normalized spacial score (nSPS) is 30.3. The van der Waals surface area contributed by atoms with E-state index in [9.17, 15) is 18.3 Å². The van der Waals surface area contributed by atoms with Crippen molar-refractivity contribution in [2.45, 2.75) is 69.8 Å². The minimum absolute atomic E-state index is 0.0930. The molecule has 4 aliphatic rings. The van der Waals surface area contributed by atoms with Crippen molar-refractivity contribution >= 4 is 27.3 Å². The number of sulfonamides is 1. The zero-order valence-corrected chi connectivity index (χ0v) is 20.3. The summed E-state index contributed by atoms with van der Waals surface area (Å²) in [7, 11) is -3.83. The molecular formula is C26H32N2O4S. The molecule has 0 radical (unpaired) electrons. The van der Waals surface area contributed by atoms with Crippen LogP contribution in [-0.2, 0) is 14.8 Å². The lowest BCUT2D eigenvalue weighted by Crippen LogP contribution is -2.59. The average Bonchev–Trinajstić information content (AvgIpc) is 2.69. The maximum Gasteiger partial charge on any atom is 0.262 e. The summed E-state index contributed by atoms with van der Waals surface area (Å²) < 4.78 is 29.1. The average molecular weight is 469 g/mol. The minimum Gasteiger partial charge on any atom is -0.390 e. The molecule has 33 heavy (non-hydrogen) atoms. The van der Waals surface area contributed by atoms with Crippen LogP contribution in [0, 0.1) is 38.0 Å². The lowest BCUT2D eigenvalue weighted by atomic mass is 9.47. The van der Waals surface area contributed by atoms with Gasteiger partial charge in [-0.3, -0.25) is 9.52 Å². The molecule has 3 N–H and O–H groups in total. The summed E-state index contributed by atoms with van der Waals surface area (Å²) in [6.07, 6.45) is 4.83. The molecule has 176 valence electrons. The molecule has 0 saturated heterocycles. The first-order chi connectivity index (χ1) is 15.5. The van der Waals surface area contributed by atoms with Gasteiger partial charge < -0.3 is 10.4 Å². The topological polar surface area (TPSA) is 95.5 Å². The van der Waals surface area contributed by atoms with Crippen molar-refractivity contribution in [3.63, 3.8) is 0 Å². The molecule has 4 fully saturated rings. The Labute approximate surface area is 195 Å². The SMILES string of the molecule is Cc1ccc(NS(=O)(=O)c2cc(NC(=O)C34CC5CC(CC(O)(C5)C3)C4)ccc2C)c(C)c1. The van der Waals surface area contributed by atoms with E-state index in [1.807, 2.05) is 26.0 Å². The number of hydrogen-bond donors (Lipinski definition) is 3. The van der Waals surface area contributed by atoms with E-state index in [0.29, 0.717) is 35.2 Å². The lowest BCUT2D eigenvalue weighted by Gasteiger charge is -2.59. The number of aliphatic hydroxyl groups is 1. The molecule has 7 heteroatoms. The van der Waals surface area contributed by atoms with Crippen molar-refractivity contribution in [1.82, 2.24) is 0 Å². The van der Waals surface area contributed by atoms with E-state index in [-0.39, 0.29) is 10.8 Å². The lowest BCUT2D eigenvalue weighted by molar-refractivity contribution is -0.174. The van der Waals surface area contributed by atoms with Crippen molar-refractivity contribution in [3.8, 4) is 0 Å². The summed E-state index contributed by atoms with van der Waals surface area (Å²) >= 11 is 0. The number of carbonyl (C=O) groups excluding carboxylic acids is 1. The molecule has 6 rings (SSSR count). The Morgan fingerprint density at radius 3 is 2.30 bits per heavy atom. The summed E-state index contributed by atoms with van der Waals surface area (Å²) in [5.41, 5.74) is 2.24. The van der Waals surface area contributed by atoms with E-state index in [1.165, 1.54) is 6.07 Å². The Hall–Kier alpha value is -2.38. The maximum absolute atomic E-state index is 13.4. The van der Waals surface area contributed by atoms with E-state index in [4.69, 9.17) is 0 Å². The van der Waals surface area contributed by atoms with Gasteiger partial charge in [-0.15, -0.1) is 0 Å². The standard InChI is InChI=1S/C26H32N2O4S/c1-16-4-7-22(18(3)8-16)28-33(31,32)23-10-21(6-5-17(23)2)27-24(29)25-11-19-9-20(12-25)14-26(30,13-19)15-25/h4-8,10,19-20,28,30H,9,11-15H2,1-3H3,(H,27,29). The van der Waals surface area contributed by atoms with Crippen molar-refractivity contribution in [2.75, 3.05) is 10.0 Å². The fourth-order valence-electron chi connectivity index (χ4n) is 6.84. The summed E-state index contributed by atoms with van der Waals surface area (Å²) in [5, 5.41) is 14.0. The van der Waals surface area contributed by atoms with Crippen LogP contribution >= 0.6 is 0 Å². The van der Waals surface area contributed by atoms with Gasteiger partial charge in [0.1, 0.15) is 0 Å². The molecule has 1 amide bonds. The van der Waals surface area contributed by atoms with E-state index in [1.54, 1.807) is 25.1 Å². The van der Waals surface area contributed by atoms with Gasteiger partial charge in [-0.1, -0.05) is 23.8 Å². The predicted octanol–water partition coefficient (Wildman–Crippen LogP) is 4.68. The second kappa shape index (κ2) is 7.57. The Balaban J connectivity index is 1.39. The summed E-state index contributed by atoms with van der Waals surface area (Å²) in [6, 6.07) is 10.6. The smallest absolute Gasteiger partial charge is 0.262 e. The fraction of sp³-hybridized carbons (Fsp3) is 0.500. The first-order valence-corrected chi connectivity index (χ1v) is 13.2. The maximum atomic E-state index is 13.4. The Bertz CT molecular complexity index is 1220. The van der Waals surface area contributed by atoms with Crippen LogP contribution in [0.15, 0.2) is 41.3 Å². The van der Waals surface area contributed by atoms with Crippen molar-refractivity contribution < 1.29 is 18.3 Å². The molecule has 2 atom stereocenters. The molecule has 0 aliphatic heterocycles. The largest absolute Gasteiger partial charge is 0.390 e. The summed E-state index contributed by atoms with van der Waals surface area (Å²) in [6.45, 7) is 5.58. The number of carbonyl (C=O) groups is 1. The van der Waals surface area contributed by atoms with Crippen LogP contribution in [0.25, 0.3) is 0 Å². The number of aryl methyl sites for hydroxylation is 3. The van der Waals surface area contributed by atoms with Crippen LogP contribution in [0.4, 0.5) is 11.4 Å². The molecule has 6 nitrogen and oxygen atoms in total. The van der Waals surface area contributed by atoms with Crippen LogP contribution in [0.1, 0.15) is 55.2 Å².